The number of ketones is 1. The van der Waals surface area contributed by atoms with Crippen LogP contribution in [-0.4, -0.2) is 15.6 Å². The summed E-state index contributed by atoms with van der Waals surface area (Å²) in [6.07, 6.45) is 8.74. The van der Waals surface area contributed by atoms with E-state index >= 15 is 0 Å². The van der Waals surface area contributed by atoms with Crippen molar-refractivity contribution in [1.82, 2.24) is 9.78 Å². The van der Waals surface area contributed by atoms with Gasteiger partial charge in [0.15, 0.2) is 0 Å². The van der Waals surface area contributed by atoms with Crippen LogP contribution in [0.2, 0.25) is 0 Å². The van der Waals surface area contributed by atoms with E-state index in [9.17, 15) is 4.79 Å². The molecule has 2 aliphatic rings. The van der Waals surface area contributed by atoms with Crippen molar-refractivity contribution in [2.75, 3.05) is 0 Å². The Labute approximate surface area is 109 Å². The van der Waals surface area contributed by atoms with Crippen molar-refractivity contribution >= 4 is 5.78 Å². The van der Waals surface area contributed by atoms with Crippen LogP contribution < -0.4 is 0 Å². The van der Waals surface area contributed by atoms with Gasteiger partial charge in [0.05, 0.1) is 18.2 Å². The van der Waals surface area contributed by atoms with Crippen LogP contribution in [0, 0.1) is 11.3 Å². The lowest BCUT2D eigenvalue weighted by atomic mass is 10.0. The molecule has 0 aromatic carbocycles. The Morgan fingerprint density at radius 1 is 1.44 bits per heavy atom. The first-order valence-corrected chi connectivity index (χ1v) is 7.13. The van der Waals surface area contributed by atoms with E-state index in [0.29, 0.717) is 18.2 Å². The molecule has 2 aliphatic carbocycles. The molecule has 0 N–H and O–H groups in total. The lowest BCUT2D eigenvalue weighted by Gasteiger charge is -2.08. The highest BCUT2D eigenvalue weighted by Gasteiger charge is 2.49. The predicted octanol–water partition coefficient (Wildman–Crippen LogP) is 3.16. The highest BCUT2D eigenvalue weighted by molar-refractivity contribution is 5.86. The van der Waals surface area contributed by atoms with Gasteiger partial charge >= 0.3 is 0 Å². The van der Waals surface area contributed by atoms with Crippen LogP contribution in [0.25, 0.3) is 0 Å². The summed E-state index contributed by atoms with van der Waals surface area (Å²) in [5, 5.41) is 4.59. The van der Waals surface area contributed by atoms with Gasteiger partial charge in [0.1, 0.15) is 5.78 Å². The van der Waals surface area contributed by atoms with E-state index in [1.54, 1.807) is 0 Å². The summed E-state index contributed by atoms with van der Waals surface area (Å²) in [7, 11) is 0. The molecule has 0 spiro atoms. The topological polar surface area (TPSA) is 34.9 Å². The molecule has 0 bridgehead atoms. The predicted molar refractivity (Wildman–Crippen MR) is 70.3 cm³/mol. The summed E-state index contributed by atoms with van der Waals surface area (Å²) in [5.74, 6) is 0.644. The van der Waals surface area contributed by atoms with Crippen molar-refractivity contribution < 1.29 is 4.79 Å². The van der Waals surface area contributed by atoms with E-state index in [1.807, 2.05) is 6.07 Å². The summed E-state index contributed by atoms with van der Waals surface area (Å²) in [6.45, 7) is 4.35. The van der Waals surface area contributed by atoms with Crippen molar-refractivity contribution in [1.29, 1.82) is 0 Å². The van der Waals surface area contributed by atoms with Gasteiger partial charge in [-0.1, -0.05) is 26.7 Å². The normalized spacial score (nSPS) is 26.4. The fourth-order valence-corrected chi connectivity index (χ4v) is 3.16. The highest BCUT2D eigenvalue weighted by atomic mass is 16.1. The van der Waals surface area contributed by atoms with Gasteiger partial charge in [-0.2, -0.15) is 5.10 Å². The molecule has 98 valence electrons. The summed E-state index contributed by atoms with van der Waals surface area (Å²) in [4.78, 5) is 12.1. The number of nitrogens with zero attached hydrogens (tertiary/aromatic N) is 2. The number of Topliss-reactive ketones (excluding diaryl/α,β-unsaturated/α-hetero) is 1. The molecule has 1 unspecified atom stereocenters. The van der Waals surface area contributed by atoms with Gasteiger partial charge in [-0.3, -0.25) is 9.48 Å². The molecule has 1 atom stereocenters. The monoisotopic (exact) mass is 246 g/mol. The van der Waals surface area contributed by atoms with Gasteiger partial charge in [0.2, 0.25) is 0 Å². The van der Waals surface area contributed by atoms with Gasteiger partial charge in [0, 0.05) is 12.1 Å². The Bertz CT molecular complexity index is 455. The van der Waals surface area contributed by atoms with E-state index in [1.165, 1.54) is 25.7 Å². The zero-order chi connectivity index (χ0) is 12.8. The van der Waals surface area contributed by atoms with Gasteiger partial charge in [-0.05, 0) is 30.7 Å². The maximum atomic E-state index is 12.1. The average molecular weight is 246 g/mol. The van der Waals surface area contributed by atoms with E-state index in [-0.39, 0.29) is 11.3 Å². The summed E-state index contributed by atoms with van der Waals surface area (Å²) in [6, 6.07) is 2.59. The number of rotatable bonds is 4. The maximum absolute atomic E-state index is 12.1. The van der Waals surface area contributed by atoms with E-state index < -0.39 is 0 Å². The molecule has 0 radical (unpaired) electrons. The Balaban J connectivity index is 1.62. The SMILES string of the molecule is CC1(C)CC1C(=O)Cc1ccn(C2CCCC2)n1. The van der Waals surface area contributed by atoms with Crippen LogP contribution in [0.4, 0.5) is 0 Å². The van der Waals surface area contributed by atoms with Gasteiger partial charge in [-0.25, -0.2) is 0 Å². The molecular formula is C15H22N2O. The summed E-state index contributed by atoms with van der Waals surface area (Å²) >= 11 is 0. The summed E-state index contributed by atoms with van der Waals surface area (Å²) in [5.41, 5.74) is 1.19. The van der Waals surface area contributed by atoms with Crippen LogP contribution in [0.5, 0.6) is 0 Å². The van der Waals surface area contributed by atoms with Crippen molar-refractivity contribution in [3.63, 3.8) is 0 Å². The van der Waals surface area contributed by atoms with E-state index in [0.717, 1.165) is 12.1 Å². The lowest BCUT2D eigenvalue weighted by molar-refractivity contribution is -0.120. The highest BCUT2D eigenvalue weighted by Crippen LogP contribution is 2.52. The van der Waals surface area contributed by atoms with Gasteiger partial charge < -0.3 is 0 Å². The Morgan fingerprint density at radius 3 is 2.72 bits per heavy atom. The fourth-order valence-electron chi connectivity index (χ4n) is 3.16. The standard InChI is InChI=1S/C15H22N2O/c1-15(2)10-13(15)14(18)9-11-7-8-17(16-11)12-5-3-4-6-12/h7-8,12-13H,3-6,9-10H2,1-2H3. The van der Waals surface area contributed by atoms with Crippen LogP contribution in [0.3, 0.4) is 0 Å². The Morgan fingerprint density at radius 2 is 2.11 bits per heavy atom. The minimum atomic E-state index is 0.241. The molecule has 0 amide bonds. The zero-order valence-corrected chi connectivity index (χ0v) is 11.4. The third-order valence-electron chi connectivity index (χ3n) is 4.62. The van der Waals surface area contributed by atoms with Gasteiger partial charge in [0.25, 0.3) is 0 Å². The van der Waals surface area contributed by atoms with Crippen LogP contribution >= 0.6 is 0 Å². The molecule has 18 heavy (non-hydrogen) atoms. The smallest absolute Gasteiger partial charge is 0.142 e. The zero-order valence-electron chi connectivity index (χ0n) is 11.4. The molecule has 1 heterocycles. The fraction of sp³-hybridized carbons (Fsp3) is 0.733. The van der Waals surface area contributed by atoms with Crippen molar-refractivity contribution in [3.05, 3.63) is 18.0 Å². The molecule has 1 aromatic rings. The first-order valence-electron chi connectivity index (χ1n) is 7.13. The average Bonchev–Trinajstić information content (AvgIpc) is 2.81. The first kappa shape index (κ1) is 11.9. The van der Waals surface area contributed by atoms with Crippen molar-refractivity contribution in [3.8, 4) is 0 Å². The van der Waals surface area contributed by atoms with Crippen molar-refractivity contribution in [2.24, 2.45) is 11.3 Å². The second-order valence-electron chi connectivity index (χ2n) is 6.61. The number of carbonyl (C=O) groups is 1. The molecule has 0 aliphatic heterocycles. The molecule has 0 saturated heterocycles. The second-order valence-corrected chi connectivity index (χ2v) is 6.61. The molecule has 3 rings (SSSR count). The molecule has 2 saturated carbocycles. The Kier molecular flexibility index (Phi) is 2.80. The number of carbonyl (C=O) groups excluding carboxylic acids is 1. The third kappa shape index (κ3) is 2.23. The van der Waals surface area contributed by atoms with Gasteiger partial charge in [-0.15, -0.1) is 0 Å². The van der Waals surface area contributed by atoms with E-state index in [2.05, 4.69) is 29.8 Å². The quantitative estimate of drug-likeness (QED) is 0.818. The number of hydrogen-bond donors (Lipinski definition) is 0. The van der Waals surface area contributed by atoms with Crippen molar-refractivity contribution in [2.45, 2.75) is 58.4 Å². The Hall–Kier alpha value is -1.12. The van der Waals surface area contributed by atoms with Crippen LogP contribution in [0.1, 0.15) is 57.7 Å². The molecule has 3 nitrogen and oxygen atoms in total. The molecule has 2 fully saturated rings. The van der Waals surface area contributed by atoms with Crippen LogP contribution in [-0.2, 0) is 11.2 Å². The largest absolute Gasteiger partial charge is 0.299 e. The lowest BCUT2D eigenvalue weighted by Crippen LogP contribution is -2.11. The second kappa shape index (κ2) is 4.22. The minimum Gasteiger partial charge on any atom is -0.299 e. The van der Waals surface area contributed by atoms with Crippen LogP contribution in [0.15, 0.2) is 12.3 Å². The number of aromatic nitrogens is 2. The first-order chi connectivity index (χ1) is 8.56. The molecular weight excluding hydrogens is 224 g/mol. The third-order valence-corrected chi connectivity index (χ3v) is 4.62. The molecule has 3 heteroatoms. The number of hydrogen-bond acceptors (Lipinski definition) is 2. The maximum Gasteiger partial charge on any atom is 0.142 e. The summed E-state index contributed by atoms with van der Waals surface area (Å²) < 4.78 is 2.08. The molecule has 1 aromatic heterocycles. The van der Waals surface area contributed by atoms with E-state index in [4.69, 9.17) is 0 Å². The minimum absolute atomic E-state index is 0.241.